The molecule has 0 radical (unpaired) electrons. The van der Waals surface area contributed by atoms with E-state index in [9.17, 15) is 26.4 Å². The maximum absolute atomic E-state index is 13.6. The lowest BCUT2D eigenvalue weighted by molar-refractivity contribution is -0.114. The fraction of sp³-hybridized carbons (Fsp3) is 0.188. The maximum Gasteiger partial charge on any atom is 0.245 e. The van der Waals surface area contributed by atoms with Crippen molar-refractivity contribution in [3.8, 4) is 0 Å². The predicted octanol–water partition coefficient (Wildman–Crippen LogP) is 2.82. The van der Waals surface area contributed by atoms with Gasteiger partial charge in [-0.1, -0.05) is 17.7 Å². The van der Waals surface area contributed by atoms with Crippen LogP contribution in [0.2, 0.25) is 0 Å². The monoisotopic (exact) mass is 372 g/mol. The summed E-state index contributed by atoms with van der Waals surface area (Å²) in [5.41, 5.74) is 0.556. The minimum absolute atomic E-state index is 0.244. The molecule has 0 aliphatic carbocycles. The smallest absolute Gasteiger partial charge is 0.245 e. The number of halogens is 3. The molecule has 0 unspecified atom stereocenters. The summed E-state index contributed by atoms with van der Waals surface area (Å²) in [6.07, 6.45) is 0.915. The Bertz CT molecular complexity index is 900. The summed E-state index contributed by atoms with van der Waals surface area (Å²) in [4.78, 5) is 12.1. The molecule has 0 saturated heterocycles. The molecule has 1 amide bonds. The summed E-state index contributed by atoms with van der Waals surface area (Å²) in [6, 6.07) is 7.87. The zero-order valence-corrected chi connectivity index (χ0v) is 14.2. The minimum Gasteiger partial charge on any atom is -0.322 e. The highest BCUT2D eigenvalue weighted by atomic mass is 32.2. The van der Waals surface area contributed by atoms with E-state index in [1.54, 1.807) is 12.1 Å². The highest BCUT2D eigenvalue weighted by Crippen LogP contribution is 2.21. The first kappa shape index (κ1) is 18.8. The molecule has 5 nitrogen and oxygen atoms in total. The van der Waals surface area contributed by atoms with E-state index < -0.39 is 45.6 Å². The van der Waals surface area contributed by atoms with Crippen LogP contribution in [0.5, 0.6) is 0 Å². The van der Waals surface area contributed by atoms with Crippen LogP contribution >= 0.6 is 0 Å². The molecule has 2 aromatic carbocycles. The van der Waals surface area contributed by atoms with Gasteiger partial charge in [0.2, 0.25) is 15.9 Å². The van der Waals surface area contributed by atoms with Crippen LogP contribution in [0.15, 0.2) is 36.4 Å². The fourth-order valence-corrected chi connectivity index (χ4v) is 2.91. The molecule has 1 N–H and O–H groups in total. The largest absolute Gasteiger partial charge is 0.322 e. The van der Waals surface area contributed by atoms with Gasteiger partial charge in [0.15, 0.2) is 17.5 Å². The summed E-state index contributed by atoms with van der Waals surface area (Å²) in [6.45, 7) is 1.16. The highest BCUT2D eigenvalue weighted by Gasteiger charge is 2.22. The first-order valence-corrected chi connectivity index (χ1v) is 8.92. The second kappa shape index (κ2) is 7.14. The second-order valence-electron chi connectivity index (χ2n) is 5.38. The number of hydrogen-bond donors (Lipinski definition) is 1. The van der Waals surface area contributed by atoms with Gasteiger partial charge >= 0.3 is 0 Å². The van der Waals surface area contributed by atoms with Gasteiger partial charge < -0.3 is 5.32 Å². The Balaban J connectivity index is 2.24. The lowest BCUT2D eigenvalue weighted by atomic mass is 10.2. The molecule has 0 fully saturated rings. The number of anilines is 2. The summed E-state index contributed by atoms with van der Waals surface area (Å²) in [7, 11) is -3.80. The Kier molecular flexibility index (Phi) is 5.36. The van der Waals surface area contributed by atoms with Crippen LogP contribution in [-0.2, 0) is 14.8 Å². The molecule has 0 aliphatic heterocycles. The maximum atomic E-state index is 13.6. The van der Waals surface area contributed by atoms with Crippen LogP contribution in [0.1, 0.15) is 5.56 Å². The van der Waals surface area contributed by atoms with E-state index in [1.807, 2.05) is 12.2 Å². The number of carbonyl (C=O) groups is 1. The van der Waals surface area contributed by atoms with Gasteiger partial charge in [-0.3, -0.25) is 9.10 Å². The van der Waals surface area contributed by atoms with E-state index >= 15 is 0 Å². The SMILES string of the molecule is Cc1ccc(N(CC(=O)Nc2ccc(F)c(F)c2F)S(C)(=O)=O)cc1. The second-order valence-corrected chi connectivity index (χ2v) is 7.28. The Hall–Kier alpha value is -2.55. The van der Waals surface area contributed by atoms with Crippen LogP contribution in [0.4, 0.5) is 24.5 Å². The molecular weight excluding hydrogens is 357 g/mol. The van der Waals surface area contributed by atoms with Gasteiger partial charge in [-0.2, -0.15) is 0 Å². The zero-order chi connectivity index (χ0) is 18.8. The Morgan fingerprint density at radius 3 is 2.20 bits per heavy atom. The number of aryl methyl sites for hydroxylation is 1. The molecular formula is C16H15F3N2O3S. The van der Waals surface area contributed by atoms with Crippen LogP contribution in [-0.4, -0.2) is 27.1 Å². The quantitative estimate of drug-likeness (QED) is 0.821. The van der Waals surface area contributed by atoms with Gasteiger partial charge in [0.1, 0.15) is 6.54 Å². The van der Waals surface area contributed by atoms with Gasteiger partial charge in [0.25, 0.3) is 0 Å². The predicted molar refractivity (Wildman–Crippen MR) is 88.3 cm³/mol. The lowest BCUT2D eigenvalue weighted by Crippen LogP contribution is -2.37. The fourth-order valence-electron chi connectivity index (χ4n) is 2.05. The molecule has 134 valence electrons. The summed E-state index contributed by atoms with van der Waals surface area (Å²) < 4.78 is 64.4. The van der Waals surface area contributed by atoms with Crippen molar-refractivity contribution >= 4 is 27.3 Å². The molecule has 0 atom stereocenters. The van der Waals surface area contributed by atoms with Crippen molar-refractivity contribution in [1.82, 2.24) is 0 Å². The first-order valence-electron chi connectivity index (χ1n) is 7.07. The highest BCUT2D eigenvalue weighted by molar-refractivity contribution is 7.92. The van der Waals surface area contributed by atoms with Gasteiger partial charge in [-0.05, 0) is 31.2 Å². The molecule has 0 aromatic heterocycles. The number of hydrogen-bond acceptors (Lipinski definition) is 3. The molecule has 0 aliphatic rings. The number of nitrogens with zero attached hydrogens (tertiary/aromatic N) is 1. The number of nitrogens with one attached hydrogen (secondary N) is 1. The Morgan fingerprint density at radius 1 is 1.04 bits per heavy atom. The van der Waals surface area contributed by atoms with Crippen molar-refractivity contribution in [2.45, 2.75) is 6.92 Å². The van der Waals surface area contributed by atoms with Crippen molar-refractivity contribution in [2.24, 2.45) is 0 Å². The Labute approximate surface area is 143 Å². The van der Waals surface area contributed by atoms with Crippen molar-refractivity contribution in [3.05, 3.63) is 59.4 Å². The van der Waals surface area contributed by atoms with Crippen LogP contribution in [0.3, 0.4) is 0 Å². The number of carbonyl (C=O) groups excluding carboxylic acids is 1. The Morgan fingerprint density at radius 2 is 1.64 bits per heavy atom. The van der Waals surface area contributed by atoms with Gasteiger partial charge in [0, 0.05) is 0 Å². The van der Waals surface area contributed by atoms with Crippen LogP contribution in [0.25, 0.3) is 0 Å². The third kappa shape index (κ3) is 4.50. The number of rotatable bonds is 5. The minimum atomic E-state index is -3.80. The molecule has 0 bridgehead atoms. The van der Waals surface area contributed by atoms with E-state index in [0.29, 0.717) is 6.07 Å². The van der Waals surface area contributed by atoms with Crippen molar-refractivity contribution in [1.29, 1.82) is 0 Å². The summed E-state index contributed by atoms with van der Waals surface area (Å²) in [5.74, 6) is -5.59. The van der Waals surface area contributed by atoms with E-state index in [0.717, 1.165) is 22.2 Å². The molecule has 0 saturated carbocycles. The van der Waals surface area contributed by atoms with Gasteiger partial charge in [0.05, 0.1) is 17.6 Å². The molecule has 9 heteroatoms. The van der Waals surface area contributed by atoms with E-state index in [-0.39, 0.29) is 5.69 Å². The molecule has 0 spiro atoms. The van der Waals surface area contributed by atoms with Gasteiger partial charge in [-0.25, -0.2) is 21.6 Å². The van der Waals surface area contributed by atoms with Gasteiger partial charge in [-0.15, -0.1) is 0 Å². The van der Waals surface area contributed by atoms with E-state index in [1.165, 1.54) is 12.1 Å². The van der Waals surface area contributed by atoms with Crippen molar-refractivity contribution < 1.29 is 26.4 Å². The van der Waals surface area contributed by atoms with Crippen molar-refractivity contribution in [2.75, 3.05) is 22.4 Å². The molecule has 0 heterocycles. The van der Waals surface area contributed by atoms with Crippen molar-refractivity contribution in [3.63, 3.8) is 0 Å². The van der Waals surface area contributed by atoms with Crippen LogP contribution in [0, 0.1) is 24.4 Å². The van der Waals surface area contributed by atoms with E-state index in [2.05, 4.69) is 0 Å². The third-order valence-corrected chi connectivity index (χ3v) is 4.46. The topological polar surface area (TPSA) is 66.5 Å². The zero-order valence-electron chi connectivity index (χ0n) is 13.4. The lowest BCUT2D eigenvalue weighted by Gasteiger charge is -2.22. The summed E-state index contributed by atoms with van der Waals surface area (Å²) in [5, 5.41) is 2.04. The molecule has 2 aromatic rings. The normalized spacial score (nSPS) is 11.2. The third-order valence-electron chi connectivity index (χ3n) is 3.32. The number of benzene rings is 2. The molecule has 2 rings (SSSR count). The molecule has 25 heavy (non-hydrogen) atoms. The average Bonchev–Trinajstić information content (AvgIpc) is 2.53. The van der Waals surface area contributed by atoms with E-state index in [4.69, 9.17) is 0 Å². The number of amides is 1. The summed E-state index contributed by atoms with van der Waals surface area (Å²) >= 11 is 0. The number of sulfonamides is 1. The standard InChI is InChI=1S/C16H15F3N2O3S/c1-10-3-5-11(6-4-10)21(25(2,23)24)9-14(22)20-13-8-7-12(17)15(18)16(13)19/h3-8H,9H2,1-2H3,(H,20,22). The average molecular weight is 372 g/mol. The van der Waals surface area contributed by atoms with Crippen LogP contribution < -0.4 is 9.62 Å². The first-order chi connectivity index (χ1) is 11.6.